The zero-order chi connectivity index (χ0) is 13.2. The Hall–Kier alpha value is -2.05. The van der Waals surface area contributed by atoms with Crippen molar-refractivity contribution in [1.82, 2.24) is 10.2 Å². The first kappa shape index (κ1) is 12.4. The van der Waals surface area contributed by atoms with Crippen LogP contribution in [0.5, 0.6) is 5.75 Å². The number of hydrogen-bond donors (Lipinski definition) is 1. The Morgan fingerprint density at radius 2 is 2.06 bits per heavy atom. The highest BCUT2D eigenvalue weighted by atomic mass is 19.4. The van der Waals surface area contributed by atoms with Crippen molar-refractivity contribution in [3.8, 4) is 16.9 Å². The number of nitrogens with one attached hydrogen (secondary N) is 1. The zero-order valence-electron chi connectivity index (χ0n) is 8.96. The molecule has 0 saturated carbocycles. The molecular formula is C11H8F4N2O. The number of ether oxygens (including phenoxy) is 1. The molecule has 0 aliphatic heterocycles. The van der Waals surface area contributed by atoms with E-state index in [-0.39, 0.29) is 5.56 Å². The molecule has 0 aliphatic rings. The molecule has 3 nitrogen and oxygen atoms in total. The first-order valence-corrected chi connectivity index (χ1v) is 4.94. The lowest BCUT2D eigenvalue weighted by molar-refractivity contribution is -0.153. The Morgan fingerprint density at radius 1 is 1.28 bits per heavy atom. The van der Waals surface area contributed by atoms with Crippen LogP contribution in [-0.4, -0.2) is 23.0 Å². The molecule has 0 aliphatic carbocycles. The van der Waals surface area contributed by atoms with E-state index in [1.807, 2.05) is 0 Å². The van der Waals surface area contributed by atoms with Gasteiger partial charge in [0.05, 0.1) is 6.20 Å². The van der Waals surface area contributed by atoms with E-state index < -0.39 is 24.3 Å². The van der Waals surface area contributed by atoms with Crippen LogP contribution in [0, 0.1) is 5.82 Å². The summed E-state index contributed by atoms with van der Waals surface area (Å²) in [6.07, 6.45) is -1.70. The fourth-order valence-electron chi connectivity index (χ4n) is 1.40. The molecule has 2 rings (SSSR count). The number of aromatic nitrogens is 2. The van der Waals surface area contributed by atoms with Crippen LogP contribution in [0.3, 0.4) is 0 Å². The van der Waals surface area contributed by atoms with E-state index in [4.69, 9.17) is 0 Å². The molecule has 18 heavy (non-hydrogen) atoms. The maximum absolute atomic E-state index is 13.9. The molecule has 0 spiro atoms. The summed E-state index contributed by atoms with van der Waals surface area (Å²) in [5.41, 5.74) is 0.563. The average molecular weight is 260 g/mol. The predicted molar refractivity (Wildman–Crippen MR) is 55.5 cm³/mol. The van der Waals surface area contributed by atoms with Crippen molar-refractivity contribution in [2.24, 2.45) is 0 Å². The number of hydrogen-bond acceptors (Lipinski definition) is 2. The summed E-state index contributed by atoms with van der Waals surface area (Å²) in [6, 6.07) is 3.99. The van der Waals surface area contributed by atoms with Gasteiger partial charge in [-0.05, 0) is 6.07 Å². The van der Waals surface area contributed by atoms with Crippen molar-refractivity contribution < 1.29 is 22.3 Å². The van der Waals surface area contributed by atoms with Crippen LogP contribution in [0.2, 0.25) is 0 Å². The average Bonchev–Trinajstić information content (AvgIpc) is 2.80. The van der Waals surface area contributed by atoms with Gasteiger partial charge in [0.15, 0.2) is 18.2 Å². The standard InChI is InChI=1S/C11H8F4N2O/c12-10-8(7-4-16-17-5-7)2-1-3-9(10)18-6-11(13,14)15/h1-5H,6H2,(H,16,17). The predicted octanol–water partition coefficient (Wildman–Crippen LogP) is 3.16. The van der Waals surface area contributed by atoms with Crippen LogP contribution < -0.4 is 4.74 Å². The van der Waals surface area contributed by atoms with Crippen LogP contribution in [-0.2, 0) is 0 Å². The summed E-state index contributed by atoms with van der Waals surface area (Å²) in [4.78, 5) is 0. The van der Waals surface area contributed by atoms with Crippen LogP contribution in [0.4, 0.5) is 17.6 Å². The second-order valence-electron chi connectivity index (χ2n) is 3.51. The smallest absolute Gasteiger partial charge is 0.422 e. The van der Waals surface area contributed by atoms with E-state index in [1.165, 1.54) is 24.5 Å². The van der Waals surface area contributed by atoms with Gasteiger partial charge in [-0.25, -0.2) is 4.39 Å². The number of halogens is 4. The molecule has 7 heteroatoms. The number of nitrogens with zero attached hydrogens (tertiary/aromatic N) is 1. The molecule has 2 aromatic rings. The van der Waals surface area contributed by atoms with Crippen LogP contribution in [0.15, 0.2) is 30.6 Å². The molecule has 1 aromatic carbocycles. The Kier molecular flexibility index (Phi) is 3.22. The van der Waals surface area contributed by atoms with Gasteiger partial charge in [0, 0.05) is 17.3 Å². The van der Waals surface area contributed by atoms with E-state index in [1.54, 1.807) is 0 Å². The third-order valence-corrected chi connectivity index (χ3v) is 2.16. The summed E-state index contributed by atoms with van der Waals surface area (Å²) in [5.74, 6) is -1.28. The van der Waals surface area contributed by atoms with Gasteiger partial charge in [0.1, 0.15) is 0 Å². The highest BCUT2D eigenvalue weighted by Crippen LogP contribution is 2.29. The third-order valence-electron chi connectivity index (χ3n) is 2.16. The van der Waals surface area contributed by atoms with Crippen molar-refractivity contribution in [3.05, 3.63) is 36.4 Å². The Morgan fingerprint density at radius 3 is 2.67 bits per heavy atom. The molecule has 0 saturated heterocycles. The van der Waals surface area contributed by atoms with Crippen molar-refractivity contribution in [3.63, 3.8) is 0 Å². The van der Waals surface area contributed by atoms with E-state index in [0.717, 1.165) is 6.07 Å². The Balaban J connectivity index is 2.25. The van der Waals surface area contributed by atoms with Gasteiger partial charge >= 0.3 is 6.18 Å². The normalized spacial score (nSPS) is 11.6. The topological polar surface area (TPSA) is 37.9 Å². The molecule has 1 aromatic heterocycles. The molecule has 1 N–H and O–H groups in total. The molecule has 0 atom stereocenters. The van der Waals surface area contributed by atoms with Crippen LogP contribution in [0.25, 0.3) is 11.1 Å². The van der Waals surface area contributed by atoms with Crippen molar-refractivity contribution in [1.29, 1.82) is 0 Å². The lowest BCUT2D eigenvalue weighted by atomic mass is 10.1. The minimum absolute atomic E-state index is 0.128. The second kappa shape index (κ2) is 4.67. The second-order valence-corrected chi connectivity index (χ2v) is 3.51. The highest BCUT2D eigenvalue weighted by molar-refractivity contribution is 5.64. The maximum atomic E-state index is 13.9. The summed E-state index contributed by atoms with van der Waals surface area (Å²) in [5, 5.41) is 6.14. The highest BCUT2D eigenvalue weighted by Gasteiger charge is 2.29. The first-order chi connectivity index (χ1) is 8.47. The number of benzene rings is 1. The molecule has 0 amide bonds. The monoisotopic (exact) mass is 260 g/mol. The largest absolute Gasteiger partial charge is 0.481 e. The minimum Gasteiger partial charge on any atom is -0.481 e. The van der Waals surface area contributed by atoms with Gasteiger partial charge in [-0.2, -0.15) is 18.3 Å². The molecule has 0 radical (unpaired) electrons. The van der Waals surface area contributed by atoms with Gasteiger partial charge < -0.3 is 4.74 Å². The third kappa shape index (κ3) is 2.79. The summed E-state index contributed by atoms with van der Waals surface area (Å²) >= 11 is 0. The van der Waals surface area contributed by atoms with Crippen LogP contribution >= 0.6 is 0 Å². The van der Waals surface area contributed by atoms with Crippen molar-refractivity contribution in [2.75, 3.05) is 6.61 Å². The zero-order valence-corrected chi connectivity index (χ0v) is 8.96. The SMILES string of the molecule is Fc1c(OCC(F)(F)F)cccc1-c1cn[nH]c1. The minimum atomic E-state index is -4.50. The Bertz CT molecular complexity index is 522. The van der Waals surface area contributed by atoms with Crippen molar-refractivity contribution in [2.45, 2.75) is 6.18 Å². The van der Waals surface area contributed by atoms with Crippen LogP contribution in [0.1, 0.15) is 0 Å². The molecule has 96 valence electrons. The quantitative estimate of drug-likeness (QED) is 0.861. The molecular weight excluding hydrogens is 252 g/mol. The number of aromatic amines is 1. The maximum Gasteiger partial charge on any atom is 0.422 e. The first-order valence-electron chi connectivity index (χ1n) is 4.94. The number of H-pyrrole nitrogens is 1. The van der Waals surface area contributed by atoms with E-state index in [9.17, 15) is 17.6 Å². The summed E-state index contributed by atoms with van der Waals surface area (Å²) in [6.45, 7) is -1.53. The summed E-state index contributed by atoms with van der Waals surface area (Å²) < 4.78 is 54.2. The molecule has 1 heterocycles. The number of alkyl halides is 3. The van der Waals surface area contributed by atoms with Gasteiger partial charge in [-0.1, -0.05) is 12.1 Å². The lowest BCUT2D eigenvalue weighted by Crippen LogP contribution is -2.19. The number of rotatable bonds is 3. The fourth-order valence-corrected chi connectivity index (χ4v) is 1.40. The molecule has 0 unspecified atom stereocenters. The molecule has 0 bridgehead atoms. The van der Waals surface area contributed by atoms with Gasteiger partial charge in [0.2, 0.25) is 0 Å². The lowest BCUT2D eigenvalue weighted by Gasteiger charge is -2.11. The van der Waals surface area contributed by atoms with Crippen molar-refractivity contribution >= 4 is 0 Å². The Labute approximate surface area is 99.4 Å². The molecule has 0 fully saturated rings. The fraction of sp³-hybridized carbons (Fsp3) is 0.182. The van der Waals surface area contributed by atoms with E-state index in [0.29, 0.717) is 5.56 Å². The van der Waals surface area contributed by atoms with Gasteiger partial charge in [0.25, 0.3) is 0 Å². The van der Waals surface area contributed by atoms with E-state index in [2.05, 4.69) is 14.9 Å². The van der Waals surface area contributed by atoms with E-state index >= 15 is 0 Å². The van der Waals surface area contributed by atoms with Gasteiger partial charge in [-0.3, -0.25) is 5.10 Å². The van der Waals surface area contributed by atoms with Gasteiger partial charge in [-0.15, -0.1) is 0 Å². The summed E-state index contributed by atoms with van der Waals surface area (Å²) in [7, 11) is 0.